The van der Waals surface area contributed by atoms with Crippen molar-refractivity contribution in [3.8, 4) is 0 Å². The molecule has 0 amide bonds. The maximum atomic E-state index is 13.0. The molecule has 4 N–H and O–H groups in total. The predicted molar refractivity (Wildman–Crippen MR) is 500 cm³/mol. The molecule has 16 nitrogen and oxygen atoms in total. The summed E-state index contributed by atoms with van der Waals surface area (Å²) in [7, 11) is -9.83. The molecule has 0 saturated carbocycles. The fourth-order valence-electron chi connectivity index (χ4n) is 12.3. The Bertz CT molecular complexity index is 2940. The highest BCUT2D eigenvalue weighted by Crippen LogP contribution is 2.45. The summed E-state index contributed by atoms with van der Waals surface area (Å²) < 4.78 is 61.4. The average molecular weight is 1700 g/mol. The van der Waals surface area contributed by atoms with Crippen LogP contribution in [0.5, 0.6) is 0 Å². The quantitative estimate of drug-likeness (QED) is 0.0146. The molecule has 0 rings (SSSR count). The normalized spacial score (nSPS) is 14.6. The van der Waals surface area contributed by atoms with E-state index in [1.54, 1.807) is 0 Å². The van der Waals surface area contributed by atoms with Gasteiger partial charge in [0.25, 0.3) is 0 Å². The van der Waals surface area contributed by atoms with Gasteiger partial charge in [0.05, 0.1) is 26.4 Å². The van der Waals surface area contributed by atoms with E-state index in [1.807, 2.05) is 0 Å². The molecule has 0 aromatic heterocycles. The zero-order valence-electron chi connectivity index (χ0n) is 74.7. The molecule has 0 radical (unpaired) electrons. The van der Waals surface area contributed by atoms with Crippen molar-refractivity contribution in [2.75, 3.05) is 39.6 Å². The van der Waals surface area contributed by atoms with Gasteiger partial charge in [0.1, 0.15) is 25.4 Å². The van der Waals surface area contributed by atoms with Gasteiger partial charge in [-0.15, -0.1) is 0 Å². The molecule has 0 bridgehead atoms. The molecule has 0 heterocycles. The van der Waals surface area contributed by atoms with Gasteiger partial charge in [-0.1, -0.05) is 382 Å². The topological polar surface area (TPSA) is 231 Å². The molecular formula is C101H168O16P2. The Labute approximate surface area is 725 Å². The first-order valence-electron chi connectivity index (χ1n) is 46.7. The largest absolute Gasteiger partial charge is 0.472 e. The third kappa shape index (κ3) is 92.9. The number of phosphoric acid groups is 2. The Morgan fingerprint density at radius 3 is 0.672 bits per heavy atom. The Hall–Kier alpha value is -5.61. The molecule has 5 unspecified atom stereocenters. The van der Waals surface area contributed by atoms with Gasteiger partial charge >= 0.3 is 33.6 Å². The third-order valence-corrected chi connectivity index (χ3v) is 21.2. The van der Waals surface area contributed by atoms with Crippen LogP contribution in [-0.2, 0) is 55.8 Å². The van der Waals surface area contributed by atoms with Gasteiger partial charge < -0.3 is 34.2 Å². The molecular weight excluding hydrogens is 1530 g/mol. The van der Waals surface area contributed by atoms with Crippen molar-refractivity contribution in [3.63, 3.8) is 0 Å². The molecule has 18 heteroatoms. The summed E-state index contributed by atoms with van der Waals surface area (Å²) in [6.45, 7) is 2.33. The summed E-state index contributed by atoms with van der Waals surface area (Å²) >= 11 is 0. The van der Waals surface area contributed by atoms with E-state index in [1.165, 1.54) is 135 Å². The van der Waals surface area contributed by atoms with Crippen LogP contribution in [0.3, 0.4) is 0 Å². The molecule has 0 fully saturated rings. The molecule has 0 aromatic rings. The number of rotatable bonds is 87. The van der Waals surface area contributed by atoms with Crippen molar-refractivity contribution in [2.24, 2.45) is 0 Å². The fraction of sp³-hybridized carbons (Fsp3) is 0.653. The lowest BCUT2D eigenvalue weighted by molar-refractivity contribution is -0.161. The monoisotopic (exact) mass is 1700 g/mol. The van der Waals surface area contributed by atoms with Crippen LogP contribution in [0.2, 0.25) is 0 Å². The second-order valence-corrected chi connectivity index (χ2v) is 33.6. The lowest BCUT2D eigenvalue weighted by atomic mass is 10.0. The Balaban J connectivity index is 4.56. The molecule has 0 aliphatic carbocycles. The van der Waals surface area contributed by atoms with E-state index >= 15 is 0 Å². The maximum absolute atomic E-state index is 13.0. The van der Waals surface area contributed by atoms with Gasteiger partial charge in [0.2, 0.25) is 0 Å². The van der Waals surface area contributed by atoms with Crippen LogP contribution in [0.4, 0.5) is 0 Å². The SMILES string of the molecule is CC/C=C\C/C=C\C/C=C\C/C=C\C/C=C\C/C=C\CCCCCCCCCCCCCCC(=O)OCC(COP(=O)(O)OCC(O)COP(=O)(O)OCC(O)COC(=O)CCCCCCCCCCCCCCCCCCC/C=C\C/C=C\C/C=C\C/C=C\C/C=C\CC)OC(=O)CCCCC/C=C\C/C=C\C/C=C\C/C=C\C/C=C\CC. The highest BCUT2D eigenvalue weighted by Gasteiger charge is 2.29. The summed E-state index contributed by atoms with van der Waals surface area (Å²) in [6, 6.07) is 0. The van der Waals surface area contributed by atoms with Crippen molar-refractivity contribution in [3.05, 3.63) is 194 Å². The standard InChI is InChI=1S/C101H168O16P2/c1-4-7-10-13-16-19-22-25-28-31-34-36-38-40-42-44-46-47-49-51-52-54-56-58-61-63-66-69-72-75-78-81-84-87-99(104)111-90-96(102)91-113-118(107,108)114-92-97(103)93-115-119(109,110)116-95-98(117-101(106)89-86-83-80-77-74-71-68-65-60-33-30-27-24-21-18-15-12-9-6-3)94-112-100(105)88-85-82-79-76-73-70-67-64-62-59-57-55-53-50-48-45-43-41-39-37-35-32-29-26-23-20-17-14-11-8-5-2/h7-12,16-21,25-30,34-37,40-43,48,50,60,65,71,74,96-98,102-103H,4-6,13-15,22-24,31-33,38-39,44-47,49,51-59,61-64,66-70,72-73,75-95H2,1-3H3,(H,107,108)(H,109,110)/b10-7-,11-8-,12-9-,19-16-,20-17-,21-18-,28-25-,29-26-,30-27-,36-34-,37-35-,42-40-,43-41-,50-48-,65-60-,74-71-. The summed E-state index contributed by atoms with van der Waals surface area (Å²) in [5.74, 6) is -1.61. The van der Waals surface area contributed by atoms with E-state index in [4.69, 9.17) is 32.3 Å². The number of esters is 3. The minimum Gasteiger partial charge on any atom is -0.463 e. The summed E-state index contributed by atoms with van der Waals surface area (Å²) in [6.07, 6.45) is 122. The van der Waals surface area contributed by atoms with Gasteiger partial charge in [-0.2, -0.15) is 0 Å². The van der Waals surface area contributed by atoms with Crippen LogP contribution in [0.25, 0.3) is 0 Å². The lowest BCUT2D eigenvalue weighted by Crippen LogP contribution is -2.30. The van der Waals surface area contributed by atoms with E-state index in [9.17, 15) is 43.5 Å². The second kappa shape index (κ2) is 91.6. The van der Waals surface area contributed by atoms with Gasteiger partial charge in [-0.3, -0.25) is 32.5 Å². The van der Waals surface area contributed by atoms with Crippen LogP contribution in [0, 0.1) is 0 Å². The first-order chi connectivity index (χ1) is 58.2. The minimum atomic E-state index is -4.96. The van der Waals surface area contributed by atoms with E-state index in [2.05, 4.69) is 215 Å². The summed E-state index contributed by atoms with van der Waals surface area (Å²) in [4.78, 5) is 59.0. The van der Waals surface area contributed by atoms with Gasteiger partial charge in [0, 0.05) is 19.3 Å². The number of aliphatic hydroxyl groups excluding tert-OH is 2. The van der Waals surface area contributed by atoms with E-state index in [0.717, 1.165) is 173 Å². The van der Waals surface area contributed by atoms with Crippen molar-refractivity contribution in [1.29, 1.82) is 0 Å². The Morgan fingerprint density at radius 2 is 0.420 bits per heavy atom. The van der Waals surface area contributed by atoms with Crippen LogP contribution >= 0.6 is 15.6 Å². The highest BCUT2D eigenvalue weighted by atomic mass is 31.2. The van der Waals surface area contributed by atoms with Gasteiger partial charge in [-0.05, 0) is 161 Å². The van der Waals surface area contributed by atoms with Gasteiger partial charge in [-0.25, -0.2) is 9.13 Å². The van der Waals surface area contributed by atoms with Crippen LogP contribution in [-0.4, -0.2) is 95.9 Å². The third-order valence-electron chi connectivity index (χ3n) is 19.3. The molecule has 119 heavy (non-hydrogen) atoms. The molecule has 0 saturated heterocycles. The van der Waals surface area contributed by atoms with E-state index in [0.29, 0.717) is 19.3 Å². The van der Waals surface area contributed by atoms with Crippen molar-refractivity contribution in [2.45, 2.75) is 386 Å². The van der Waals surface area contributed by atoms with Crippen molar-refractivity contribution >= 4 is 33.6 Å². The second-order valence-electron chi connectivity index (χ2n) is 30.7. The molecule has 678 valence electrons. The van der Waals surface area contributed by atoms with Crippen LogP contribution in [0.1, 0.15) is 367 Å². The van der Waals surface area contributed by atoms with Crippen molar-refractivity contribution < 1.29 is 75.8 Å². The molecule has 5 atom stereocenters. The molecule has 0 aliphatic heterocycles. The highest BCUT2D eigenvalue weighted by molar-refractivity contribution is 7.47. The zero-order chi connectivity index (χ0) is 86.5. The lowest BCUT2D eigenvalue weighted by Gasteiger charge is -2.21. The number of phosphoric ester groups is 2. The number of ether oxygens (including phenoxy) is 3. The number of hydrogen-bond acceptors (Lipinski definition) is 14. The first-order valence-corrected chi connectivity index (χ1v) is 49.7. The van der Waals surface area contributed by atoms with Gasteiger partial charge in [0.15, 0.2) is 6.10 Å². The van der Waals surface area contributed by atoms with E-state index in [-0.39, 0.29) is 19.3 Å². The van der Waals surface area contributed by atoms with E-state index < -0.39 is 91.5 Å². The van der Waals surface area contributed by atoms with Crippen LogP contribution in [0.15, 0.2) is 194 Å². The average Bonchev–Trinajstić information content (AvgIpc) is 0.903. The maximum Gasteiger partial charge on any atom is 0.472 e. The number of hydrogen-bond donors (Lipinski definition) is 4. The molecule has 0 aliphatic rings. The zero-order valence-corrected chi connectivity index (χ0v) is 76.5. The number of aliphatic hydroxyl groups is 2. The fourth-order valence-corrected chi connectivity index (χ4v) is 13.9. The molecule has 0 aromatic carbocycles. The number of allylic oxidation sites excluding steroid dienone is 32. The number of carbonyl (C=O) groups excluding carboxylic acids is 3. The first kappa shape index (κ1) is 113. The Kier molecular flexibility index (Phi) is 87.3. The smallest absolute Gasteiger partial charge is 0.463 e. The van der Waals surface area contributed by atoms with Crippen molar-refractivity contribution in [1.82, 2.24) is 0 Å². The molecule has 0 spiro atoms. The number of carbonyl (C=O) groups is 3. The van der Waals surface area contributed by atoms with Crippen LogP contribution < -0.4 is 0 Å². The Morgan fingerprint density at radius 1 is 0.235 bits per heavy atom. The predicted octanol–water partition coefficient (Wildman–Crippen LogP) is 29.0. The number of unbranched alkanes of at least 4 members (excludes halogenated alkanes) is 32. The summed E-state index contributed by atoms with van der Waals surface area (Å²) in [5.41, 5.74) is 0. The minimum absolute atomic E-state index is 0.0596. The summed E-state index contributed by atoms with van der Waals surface area (Å²) in [5, 5.41) is 20.7.